The average molecular weight is 642 g/mol. The van der Waals surface area contributed by atoms with Crippen molar-refractivity contribution in [2.24, 2.45) is 0 Å². The normalized spacial score (nSPS) is 9.17. The van der Waals surface area contributed by atoms with E-state index in [9.17, 15) is 9.59 Å². The molecule has 0 atom stereocenters. The largest absolute Gasteiger partial charge is 0.693 e. The number of nitrogens with two attached hydrogens (primary N) is 2. The van der Waals surface area contributed by atoms with Gasteiger partial charge in [0, 0.05) is 6.07 Å². The van der Waals surface area contributed by atoms with Crippen molar-refractivity contribution in [3.63, 3.8) is 0 Å². The van der Waals surface area contributed by atoms with Crippen molar-refractivity contribution in [1.29, 1.82) is 0 Å². The van der Waals surface area contributed by atoms with Crippen LogP contribution >= 0.6 is 18.8 Å². The van der Waals surface area contributed by atoms with Gasteiger partial charge in [0.15, 0.2) is 12.0 Å². The summed E-state index contributed by atoms with van der Waals surface area (Å²) in [5.41, 5.74) is 1.31. The smallest absolute Gasteiger partial charge is 0.693 e. The first-order valence-corrected chi connectivity index (χ1v) is 13.0. The number of hydrogen-bond donors (Lipinski definition) is 1. The van der Waals surface area contributed by atoms with Crippen LogP contribution in [0.2, 0.25) is 0 Å². The van der Waals surface area contributed by atoms with Crippen LogP contribution < -0.4 is 14.9 Å². The topological polar surface area (TPSA) is 184 Å². The Kier molecular flexibility index (Phi) is 14.8. The SMILES string of the molecule is COc1ccc(-c2coc3cc(OCC(=O)O)ccc3c2=O)cc1.O.[Cl][Pt+2][Cl].[NH2-].[NH2-]. The molecule has 0 aliphatic heterocycles. The second-order valence-corrected chi connectivity index (χ2v) is 8.38. The van der Waals surface area contributed by atoms with Crippen molar-refractivity contribution in [3.05, 3.63) is 71.3 Å². The van der Waals surface area contributed by atoms with Gasteiger partial charge in [0.25, 0.3) is 0 Å². The predicted octanol–water partition coefficient (Wildman–Crippen LogP) is 4.92. The fourth-order valence-corrected chi connectivity index (χ4v) is 2.31. The summed E-state index contributed by atoms with van der Waals surface area (Å²) in [6, 6.07) is 11.7. The van der Waals surface area contributed by atoms with Crippen molar-refractivity contribution < 1.29 is 45.7 Å². The van der Waals surface area contributed by atoms with E-state index in [1.54, 1.807) is 43.5 Å². The first kappa shape index (κ1) is 30.1. The van der Waals surface area contributed by atoms with Gasteiger partial charge in [-0.25, -0.2) is 4.79 Å². The molecule has 12 heteroatoms. The monoisotopic (exact) mass is 641 g/mol. The van der Waals surface area contributed by atoms with Gasteiger partial charge in [0.2, 0.25) is 0 Å². The van der Waals surface area contributed by atoms with Crippen molar-refractivity contribution in [2.45, 2.75) is 0 Å². The number of carboxylic acids is 1. The second-order valence-electron chi connectivity index (χ2n) is 5.09. The van der Waals surface area contributed by atoms with E-state index < -0.39 is 29.1 Å². The molecule has 0 aliphatic rings. The second kappa shape index (κ2) is 14.8. The zero-order chi connectivity index (χ0) is 19.8. The third kappa shape index (κ3) is 7.95. The van der Waals surface area contributed by atoms with Crippen molar-refractivity contribution in [1.82, 2.24) is 0 Å². The van der Waals surface area contributed by atoms with Crippen molar-refractivity contribution in [3.8, 4) is 22.6 Å². The molecular weight excluding hydrogens is 622 g/mol. The molecule has 0 aliphatic carbocycles. The number of carbonyl (C=O) groups is 1. The molecule has 0 spiro atoms. The first-order valence-electron chi connectivity index (χ1n) is 7.37. The molecule has 7 N–H and O–H groups in total. The first-order chi connectivity index (χ1) is 13.0. The van der Waals surface area contributed by atoms with Crippen LogP contribution in [-0.2, 0) is 21.3 Å². The molecule has 2 aromatic carbocycles. The van der Waals surface area contributed by atoms with E-state index in [2.05, 4.69) is 0 Å². The Morgan fingerprint density at radius 3 is 2.20 bits per heavy atom. The summed E-state index contributed by atoms with van der Waals surface area (Å²) in [5, 5.41) is 9.02. The van der Waals surface area contributed by atoms with Gasteiger partial charge in [-0.1, -0.05) is 12.1 Å². The van der Waals surface area contributed by atoms with Crippen LogP contribution in [0.25, 0.3) is 34.4 Å². The molecular formula is C18H20Cl2N2O7Pt. The maximum atomic E-state index is 12.6. The molecule has 0 saturated heterocycles. The molecule has 0 fully saturated rings. The third-order valence-corrected chi connectivity index (χ3v) is 3.51. The molecule has 0 bridgehead atoms. The van der Waals surface area contributed by atoms with E-state index in [0.29, 0.717) is 28.0 Å². The maximum Gasteiger partial charge on any atom is -0.693 e. The van der Waals surface area contributed by atoms with Gasteiger partial charge in [-0.2, -0.15) is 0 Å². The molecule has 3 rings (SSSR count). The summed E-state index contributed by atoms with van der Waals surface area (Å²) in [4.78, 5) is 23.2. The minimum atomic E-state index is -1.08. The summed E-state index contributed by atoms with van der Waals surface area (Å²) >= 11 is -0.472. The molecule has 0 saturated carbocycles. The number of aliphatic carboxylic acids is 1. The number of rotatable bonds is 5. The minimum Gasteiger partial charge on any atom is -0.693 e. The van der Waals surface area contributed by atoms with Crippen LogP contribution in [0, 0.1) is 0 Å². The number of ether oxygens (including phenoxy) is 2. The van der Waals surface area contributed by atoms with Gasteiger partial charge < -0.3 is 36.8 Å². The predicted molar refractivity (Wildman–Crippen MR) is 113 cm³/mol. The summed E-state index contributed by atoms with van der Waals surface area (Å²) in [6.45, 7) is -0.459. The molecule has 1 heterocycles. The van der Waals surface area contributed by atoms with E-state index in [4.69, 9.17) is 37.8 Å². The molecule has 30 heavy (non-hydrogen) atoms. The number of halogens is 2. The molecule has 0 radical (unpaired) electrons. The maximum absolute atomic E-state index is 12.6. The average Bonchev–Trinajstić information content (AvgIpc) is 2.67. The van der Waals surface area contributed by atoms with Crippen LogP contribution in [0.15, 0.2) is 57.9 Å². The Morgan fingerprint density at radius 1 is 1.10 bits per heavy atom. The Balaban J connectivity index is 0. The fourth-order valence-electron chi connectivity index (χ4n) is 2.31. The molecule has 0 amide bonds. The number of fused-ring (bicyclic) bond motifs is 1. The minimum absolute atomic E-state index is 0. The fraction of sp³-hybridized carbons (Fsp3) is 0.111. The Hall–Kier alpha value is -2.13. The van der Waals surface area contributed by atoms with Gasteiger partial charge in [-0.3, -0.25) is 4.79 Å². The molecule has 9 nitrogen and oxygen atoms in total. The number of carboxylic acid groups (broad SMARTS) is 1. The van der Waals surface area contributed by atoms with E-state index in [1.165, 1.54) is 12.3 Å². The quantitative estimate of drug-likeness (QED) is 0.412. The number of methoxy groups -OCH3 is 1. The zero-order valence-electron chi connectivity index (χ0n) is 15.5. The summed E-state index contributed by atoms with van der Waals surface area (Å²) in [6.07, 6.45) is 1.38. The number of benzene rings is 2. The van der Waals surface area contributed by atoms with E-state index in [-0.39, 0.29) is 23.2 Å². The number of hydrogen-bond acceptors (Lipinski definition) is 5. The summed E-state index contributed by atoms with van der Waals surface area (Å²) in [7, 11) is 11.3. The van der Waals surface area contributed by atoms with Crippen LogP contribution in [0.5, 0.6) is 11.5 Å². The van der Waals surface area contributed by atoms with Crippen LogP contribution in [0.4, 0.5) is 0 Å². The van der Waals surface area contributed by atoms with Gasteiger partial charge in [-0.05, 0) is 29.8 Å². The molecule has 1 aromatic heterocycles. The Morgan fingerprint density at radius 2 is 1.67 bits per heavy atom. The van der Waals surface area contributed by atoms with Crippen molar-refractivity contribution in [2.75, 3.05) is 13.7 Å². The zero-order valence-corrected chi connectivity index (χ0v) is 19.3. The standard InChI is InChI=1S/C18H14O6.2ClH.2H2N.H2O.Pt/c1-22-12-4-2-11(3-5-12)15-9-24-16-8-13(23-10-17(19)20)6-7-14(16)18(15)21;;;;;;/h2-9H,10H2,1H3,(H,19,20);2*1H;3*1H2;/q;;;2*-1;;+4/p-2. The Labute approximate surface area is 188 Å². The van der Waals surface area contributed by atoms with E-state index in [0.717, 1.165) is 5.56 Å². The van der Waals surface area contributed by atoms with Gasteiger partial charge >= 0.3 is 41.3 Å². The van der Waals surface area contributed by atoms with Crippen LogP contribution in [0.1, 0.15) is 0 Å². The van der Waals surface area contributed by atoms with Crippen LogP contribution in [0.3, 0.4) is 0 Å². The summed E-state index contributed by atoms with van der Waals surface area (Å²) in [5.74, 6) is -0.0548. The van der Waals surface area contributed by atoms with Gasteiger partial charge in [0.05, 0.1) is 18.1 Å². The third-order valence-electron chi connectivity index (χ3n) is 3.51. The van der Waals surface area contributed by atoms with Gasteiger partial charge in [0.1, 0.15) is 23.3 Å². The Bertz CT molecular complexity index is 984. The van der Waals surface area contributed by atoms with E-state index in [1.807, 2.05) is 0 Å². The van der Waals surface area contributed by atoms with E-state index >= 15 is 0 Å². The molecule has 168 valence electrons. The molecule has 3 aromatic rings. The summed E-state index contributed by atoms with van der Waals surface area (Å²) < 4.78 is 15.7. The molecule has 0 unspecified atom stereocenters. The van der Waals surface area contributed by atoms with Gasteiger partial charge in [-0.15, -0.1) is 0 Å². The van der Waals surface area contributed by atoms with Crippen LogP contribution in [-0.4, -0.2) is 30.3 Å². The van der Waals surface area contributed by atoms with Crippen molar-refractivity contribution >= 4 is 35.8 Å².